The van der Waals surface area contributed by atoms with Gasteiger partial charge in [0.2, 0.25) is 5.90 Å². The van der Waals surface area contributed by atoms with Gasteiger partial charge in [0.05, 0.1) is 6.61 Å². The number of nitrogens with one attached hydrogen (secondary N) is 1. The van der Waals surface area contributed by atoms with E-state index in [1.807, 2.05) is 33.8 Å². The molecule has 0 aromatic heterocycles. The Labute approximate surface area is 213 Å². The summed E-state index contributed by atoms with van der Waals surface area (Å²) in [5.41, 5.74) is 0. The van der Waals surface area contributed by atoms with Gasteiger partial charge in [-0.25, -0.2) is 0 Å². The minimum atomic E-state index is -2.19. The zero-order valence-electron chi connectivity index (χ0n) is 21.0. The second-order valence-electron chi connectivity index (χ2n) is 10.8. The van der Waals surface area contributed by atoms with Crippen molar-refractivity contribution < 1.29 is 28.1 Å². The Balaban J connectivity index is 2.26. The molecule has 0 aromatic carbocycles. The third-order valence-electron chi connectivity index (χ3n) is 6.03. The maximum absolute atomic E-state index is 7.65. The zero-order chi connectivity index (χ0) is 25.5. The van der Waals surface area contributed by atoms with Gasteiger partial charge in [-0.2, -0.15) is 0 Å². The average molecular weight is 547 g/mol. The summed E-state index contributed by atoms with van der Waals surface area (Å²) in [5, 5.41) is 7.64. The van der Waals surface area contributed by atoms with Crippen LogP contribution in [0.5, 0.6) is 0 Å². The van der Waals surface area contributed by atoms with Crippen LogP contribution in [0.1, 0.15) is 48.5 Å². The molecule has 2 aliphatic rings. The van der Waals surface area contributed by atoms with Crippen LogP contribution in [-0.4, -0.2) is 67.2 Å². The van der Waals surface area contributed by atoms with Gasteiger partial charge in [0.25, 0.3) is 3.79 Å². The van der Waals surface area contributed by atoms with E-state index >= 15 is 0 Å². The normalized spacial score (nSPS) is 28.9. The lowest BCUT2D eigenvalue weighted by Crippen LogP contribution is -2.54. The van der Waals surface area contributed by atoms with Crippen LogP contribution < -0.4 is 0 Å². The molecular weight excluding hydrogens is 509 g/mol. The Hall–Kier alpha value is 0.0969. The molecule has 0 spiro atoms. The Morgan fingerprint density at radius 1 is 1.09 bits per heavy atom. The molecule has 2 saturated heterocycles. The predicted octanol–water partition coefficient (Wildman–Crippen LogP) is 5.97. The molecule has 4 atom stereocenters. The highest BCUT2D eigenvalue weighted by atomic mass is 35.6. The summed E-state index contributed by atoms with van der Waals surface area (Å²) in [4.78, 5) is 0. The summed E-state index contributed by atoms with van der Waals surface area (Å²) < 4.78 is 34.7. The van der Waals surface area contributed by atoms with Crippen LogP contribution in [0.2, 0.25) is 18.1 Å². The van der Waals surface area contributed by atoms with Gasteiger partial charge in [-0.1, -0.05) is 61.7 Å². The first kappa shape index (κ1) is 29.3. The number of rotatable bonds is 7. The smallest absolute Gasteiger partial charge is 0.265 e. The second kappa shape index (κ2) is 10.2. The summed E-state index contributed by atoms with van der Waals surface area (Å²) >= 11 is 17.0. The number of hydrogen-bond acceptors (Lipinski definition) is 7. The Bertz CT molecular complexity index is 733. The van der Waals surface area contributed by atoms with E-state index in [0.29, 0.717) is 6.61 Å². The minimum Gasteiger partial charge on any atom is -0.474 e. The molecule has 192 valence electrons. The molecule has 0 amide bonds. The fourth-order valence-electron chi connectivity index (χ4n) is 3.37. The van der Waals surface area contributed by atoms with E-state index in [1.54, 1.807) is 6.08 Å². The average Bonchev–Trinajstić information content (AvgIpc) is 3.12. The first-order chi connectivity index (χ1) is 14.7. The van der Waals surface area contributed by atoms with E-state index < -0.39 is 47.9 Å². The fraction of sp³-hybridized carbons (Fsp3) is 0.864. The lowest BCUT2D eigenvalue weighted by Gasteiger charge is -2.42. The third-order valence-corrected chi connectivity index (χ3v) is 11.0. The number of alkyl halides is 3. The molecule has 2 heterocycles. The molecule has 2 aliphatic heterocycles. The van der Waals surface area contributed by atoms with Crippen molar-refractivity contribution in [2.75, 3.05) is 13.2 Å². The monoisotopic (exact) mass is 545 g/mol. The van der Waals surface area contributed by atoms with E-state index in [-0.39, 0.29) is 17.7 Å². The van der Waals surface area contributed by atoms with Gasteiger partial charge in [-0.15, -0.1) is 0 Å². The van der Waals surface area contributed by atoms with E-state index in [4.69, 9.17) is 68.3 Å². The predicted molar refractivity (Wildman–Crippen MR) is 134 cm³/mol. The molecule has 11 heteroatoms. The Morgan fingerprint density at radius 2 is 1.70 bits per heavy atom. The molecule has 0 unspecified atom stereocenters. The molecular formula is C22H38Cl3NO6Si. The Kier molecular flexibility index (Phi) is 9.09. The Morgan fingerprint density at radius 3 is 2.18 bits per heavy atom. The quantitative estimate of drug-likeness (QED) is 0.139. The SMILES string of the molecule is CC1(C)O[C@@H]([C@H](O[Si](C)(C)C(C)(C)C)[C@H]2COC(C)(C)O2)[C@@H](/C=C/COC(=N)C(Cl)(Cl)Cl)O1. The fourth-order valence-corrected chi connectivity index (χ4v) is 4.86. The summed E-state index contributed by atoms with van der Waals surface area (Å²) in [6.07, 6.45) is 1.93. The highest BCUT2D eigenvalue weighted by Crippen LogP contribution is 2.42. The van der Waals surface area contributed by atoms with Gasteiger partial charge >= 0.3 is 0 Å². The molecule has 0 radical (unpaired) electrons. The molecule has 0 saturated carbocycles. The van der Waals surface area contributed by atoms with E-state index in [9.17, 15) is 0 Å². The largest absolute Gasteiger partial charge is 0.474 e. The number of hydrogen-bond donors (Lipinski definition) is 1. The lowest BCUT2D eigenvalue weighted by atomic mass is 10.0. The van der Waals surface area contributed by atoms with Crippen LogP contribution in [0.3, 0.4) is 0 Å². The summed E-state index contributed by atoms with van der Waals surface area (Å²) in [6, 6.07) is 0. The van der Waals surface area contributed by atoms with Crippen molar-refractivity contribution in [1.29, 1.82) is 5.41 Å². The molecule has 33 heavy (non-hydrogen) atoms. The van der Waals surface area contributed by atoms with Crippen LogP contribution in [-0.2, 0) is 28.1 Å². The third kappa shape index (κ3) is 8.05. The van der Waals surface area contributed by atoms with Gasteiger partial charge < -0.3 is 28.1 Å². The first-order valence-electron chi connectivity index (χ1n) is 11.0. The number of halogens is 3. The van der Waals surface area contributed by atoms with E-state index in [0.717, 1.165) is 0 Å². The van der Waals surface area contributed by atoms with Gasteiger partial charge in [0.15, 0.2) is 19.9 Å². The zero-order valence-corrected chi connectivity index (χ0v) is 24.2. The van der Waals surface area contributed by atoms with Crippen molar-refractivity contribution in [2.45, 2.75) is 106 Å². The van der Waals surface area contributed by atoms with Crippen LogP contribution in [0, 0.1) is 5.41 Å². The lowest BCUT2D eigenvalue weighted by molar-refractivity contribution is -0.176. The minimum absolute atomic E-state index is 0.00801. The summed E-state index contributed by atoms with van der Waals surface area (Å²) in [6.45, 7) is 18.9. The second-order valence-corrected chi connectivity index (χ2v) is 17.9. The van der Waals surface area contributed by atoms with Crippen LogP contribution in [0.25, 0.3) is 0 Å². The summed E-state index contributed by atoms with van der Waals surface area (Å²) in [5.74, 6) is -1.98. The highest BCUT2D eigenvalue weighted by Gasteiger charge is 2.53. The van der Waals surface area contributed by atoms with E-state index in [1.165, 1.54) is 0 Å². The molecule has 0 bridgehead atoms. The topological polar surface area (TPSA) is 79.2 Å². The molecule has 2 rings (SSSR count). The highest BCUT2D eigenvalue weighted by molar-refractivity contribution is 6.76. The van der Waals surface area contributed by atoms with Crippen molar-refractivity contribution in [1.82, 2.24) is 0 Å². The van der Waals surface area contributed by atoms with Crippen LogP contribution in [0.4, 0.5) is 0 Å². The van der Waals surface area contributed by atoms with Crippen LogP contribution in [0.15, 0.2) is 12.2 Å². The van der Waals surface area contributed by atoms with Crippen molar-refractivity contribution in [2.24, 2.45) is 0 Å². The molecule has 0 aromatic rings. The van der Waals surface area contributed by atoms with Crippen molar-refractivity contribution in [3.63, 3.8) is 0 Å². The molecule has 7 nitrogen and oxygen atoms in total. The first-order valence-corrected chi connectivity index (χ1v) is 15.1. The maximum atomic E-state index is 7.65. The van der Waals surface area contributed by atoms with Gasteiger partial charge in [-0.3, -0.25) is 5.41 Å². The molecule has 1 N–H and O–H groups in total. The summed E-state index contributed by atoms with van der Waals surface area (Å²) in [7, 11) is -2.19. The number of ether oxygens (including phenoxy) is 5. The van der Waals surface area contributed by atoms with Gasteiger partial charge in [-0.05, 0) is 51.9 Å². The molecule has 0 aliphatic carbocycles. The van der Waals surface area contributed by atoms with Crippen molar-refractivity contribution in [3.05, 3.63) is 12.2 Å². The van der Waals surface area contributed by atoms with Gasteiger partial charge in [0.1, 0.15) is 31.0 Å². The van der Waals surface area contributed by atoms with Crippen LogP contribution >= 0.6 is 34.8 Å². The van der Waals surface area contributed by atoms with Gasteiger partial charge in [0, 0.05) is 0 Å². The molecule has 2 fully saturated rings. The maximum Gasteiger partial charge on any atom is 0.265 e. The standard InChI is InChI=1S/C22H38Cl3NO6Si/c1-19(2,3)33(8,9)32-17(15-13-28-20(4,5)30-15)16-14(29-21(6,7)31-16)11-10-12-27-18(26)22(23,24)25/h10-11,14-17,26H,12-13H2,1-9H3/b11-10+,26-18?/t14-,15-,16-,17-/m1/s1. The van der Waals surface area contributed by atoms with Crippen molar-refractivity contribution >= 4 is 49.0 Å². The van der Waals surface area contributed by atoms with Crippen molar-refractivity contribution in [3.8, 4) is 0 Å². The van der Waals surface area contributed by atoms with E-state index in [2.05, 4.69) is 33.9 Å².